The van der Waals surface area contributed by atoms with E-state index in [9.17, 15) is 9.59 Å². The van der Waals surface area contributed by atoms with Gasteiger partial charge in [-0.3, -0.25) is 19.0 Å². The Hall–Kier alpha value is -3.23. The van der Waals surface area contributed by atoms with Crippen molar-refractivity contribution >= 4 is 22.7 Å². The molecule has 2 aliphatic rings. The molecule has 1 atom stereocenters. The first-order valence-corrected chi connectivity index (χ1v) is 11.0. The van der Waals surface area contributed by atoms with Crippen molar-refractivity contribution in [1.82, 2.24) is 35.0 Å². The highest BCUT2D eigenvalue weighted by Crippen LogP contribution is 2.25. The summed E-state index contributed by atoms with van der Waals surface area (Å²) in [5, 5.41) is 16.5. The fourth-order valence-electron chi connectivity index (χ4n) is 4.36. The van der Waals surface area contributed by atoms with Gasteiger partial charge in [0.15, 0.2) is 11.4 Å². The van der Waals surface area contributed by atoms with Crippen molar-refractivity contribution in [2.24, 2.45) is 7.05 Å². The highest BCUT2D eigenvalue weighted by molar-refractivity contribution is 6.05. The van der Waals surface area contributed by atoms with Gasteiger partial charge in [-0.05, 0) is 44.6 Å². The van der Waals surface area contributed by atoms with Crippen LogP contribution in [0.1, 0.15) is 59.5 Å². The van der Waals surface area contributed by atoms with E-state index in [0.717, 1.165) is 56.0 Å². The Bertz CT molecular complexity index is 1110. The van der Waals surface area contributed by atoms with Gasteiger partial charge in [0.25, 0.3) is 11.8 Å². The molecule has 31 heavy (non-hydrogen) atoms. The molecule has 3 aromatic rings. The van der Waals surface area contributed by atoms with E-state index >= 15 is 0 Å². The average Bonchev–Trinajstić information content (AvgIpc) is 3.36. The molecule has 1 saturated heterocycles. The molecule has 1 unspecified atom stereocenters. The van der Waals surface area contributed by atoms with E-state index in [-0.39, 0.29) is 17.9 Å². The standard InChI is InChI=1S/C22H27N7O2/c1-27-19-8-3-2-7-17(19)20(25-27)22(31)29-12-5-4-6-16(29)11-13-28-14-18(24-26-28)21(30)23-15-9-10-15/h2-3,7-8,14-16H,4-6,9-13H2,1H3,(H,23,30). The lowest BCUT2D eigenvalue weighted by molar-refractivity contribution is 0.0588. The number of carbonyl (C=O) groups excluding carboxylic acids is 2. The summed E-state index contributed by atoms with van der Waals surface area (Å²) in [4.78, 5) is 27.5. The van der Waals surface area contributed by atoms with Crippen LogP contribution in [0.15, 0.2) is 30.5 Å². The third-order valence-electron chi connectivity index (χ3n) is 6.22. The molecule has 1 aliphatic heterocycles. The van der Waals surface area contributed by atoms with Crippen molar-refractivity contribution in [3.8, 4) is 0 Å². The number of para-hydroxylation sites is 1. The monoisotopic (exact) mass is 421 g/mol. The van der Waals surface area contributed by atoms with Crippen molar-refractivity contribution in [1.29, 1.82) is 0 Å². The number of fused-ring (bicyclic) bond motifs is 1. The number of carbonyl (C=O) groups is 2. The highest BCUT2D eigenvalue weighted by atomic mass is 16.2. The molecule has 2 amide bonds. The summed E-state index contributed by atoms with van der Waals surface area (Å²) in [7, 11) is 1.87. The Kier molecular flexibility index (Phi) is 5.17. The summed E-state index contributed by atoms with van der Waals surface area (Å²) >= 11 is 0. The van der Waals surface area contributed by atoms with Gasteiger partial charge in [-0.1, -0.05) is 23.4 Å². The van der Waals surface area contributed by atoms with Crippen molar-refractivity contribution in [3.63, 3.8) is 0 Å². The molecule has 162 valence electrons. The SMILES string of the molecule is Cn1nc(C(=O)N2CCCCC2CCn2cc(C(=O)NC3CC3)nn2)c2ccccc21. The maximum atomic E-state index is 13.4. The zero-order chi connectivity index (χ0) is 21.4. The summed E-state index contributed by atoms with van der Waals surface area (Å²) in [5.41, 5.74) is 1.83. The maximum Gasteiger partial charge on any atom is 0.275 e. The summed E-state index contributed by atoms with van der Waals surface area (Å²) in [6.07, 6.45) is 7.60. The second kappa shape index (κ2) is 8.13. The highest BCUT2D eigenvalue weighted by Gasteiger charge is 2.30. The second-order valence-corrected chi connectivity index (χ2v) is 8.54. The molecule has 9 nitrogen and oxygen atoms in total. The van der Waals surface area contributed by atoms with Crippen LogP contribution in [0.4, 0.5) is 0 Å². The van der Waals surface area contributed by atoms with Gasteiger partial charge in [-0.25, -0.2) is 0 Å². The average molecular weight is 422 g/mol. The minimum absolute atomic E-state index is 0.00964. The van der Waals surface area contributed by atoms with Gasteiger partial charge in [-0.2, -0.15) is 5.10 Å². The summed E-state index contributed by atoms with van der Waals surface area (Å²) in [5.74, 6) is -0.171. The lowest BCUT2D eigenvalue weighted by Crippen LogP contribution is -2.44. The maximum absolute atomic E-state index is 13.4. The fraction of sp³-hybridized carbons (Fsp3) is 0.500. The van der Waals surface area contributed by atoms with Crippen LogP contribution >= 0.6 is 0 Å². The van der Waals surface area contributed by atoms with E-state index in [1.165, 1.54) is 0 Å². The Morgan fingerprint density at radius 2 is 2.00 bits per heavy atom. The number of nitrogens with zero attached hydrogens (tertiary/aromatic N) is 6. The number of aromatic nitrogens is 5. The number of nitrogens with one attached hydrogen (secondary N) is 1. The van der Waals surface area contributed by atoms with Gasteiger partial charge in [0, 0.05) is 37.6 Å². The molecular weight excluding hydrogens is 394 g/mol. The van der Waals surface area contributed by atoms with Crippen LogP contribution in [0.5, 0.6) is 0 Å². The van der Waals surface area contributed by atoms with Gasteiger partial charge in [0.05, 0.1) is 11.7 Å². The molecule has 0 spiro atoms. The molecule has 1 N–H and O–H groups in total. The van der Waals surface area contributed by atoms with Gasteiger partial charge in [0.2, 0.25) is 0 Å². The molecular formula is C22H27N7O2. The molecule has 2 fully saturated rings. The predicted molar refractivity (Wildman–Crippen MR) is 115 cm³/mol. The Morgan fingerprint density at radius 3 is 2.84 bits per heavy atom. The summed E-state index contributed by atoms with van der Waals surface area (Å²) in [6.45, 7) is 1.35. The quantitative estimate of drug-likeness (QED) is 0.658. The fourth-order valence-corrected chi connectivity index (χ4v) is 4.36. The van der Waals surface area contributed by atoms with Crippen LogP contribution in [-0.4, -0.2) is 60.1 Å². The zero-order valence-electron chi connectivity index (χ0n) is 17.7. The molecule has 1 saturated carbocycles. The van der Waals surface area contributed by atoms with Crippen LogP contribution in [-0.2, 0) is 13.6 Å². The Morgan fingerprint density at radius 1 is 1.16 bits per heavy atom. The first-order chi connectivity index (χ1) is 15.1. The molecule has 2 aromatic heterocycles. The molecule has 3 heterocycles. The molecule has 1 aliphatic carbocycles. The van der Waals surface area contributed by atoms with Gasteiger partial charge >= 0.3 is 0 Å². The number of likely N-dealkylation sites (tertiary alicyclic amines) is 1. The van der Waals surface area contributed by atoms with E-state index in [1.54, 1.807) is 15.6 Å². The summed E-state index contributed by atoms with van der Waals surface area (Å²) in [6, 6.07) is 8.25. The zero-order valence-corrected chi connectivity index (χ0v) is 17.7. The third kappa shape index (κ3) is 4.04. The summed E-state index contributed by atoms with van der Waals surface area (Å²) < 4.78 is 3.47. The van der Waals surface area contributed by atoms with Crippen LogP contribution in [0, 0.1) is 0 Å². The molecule has 0 radical (unpaired) electrons. The molecule has 0 bridgehead atoms. The smallest absolute Gasteiger partial charge is 0.275 e. The number of amides is 2. The van der Waals surface area contributed by atoms with Gasteiger partial charge < -0.3 is 10.2 Å². The van der Waals surface area contributed by atoms with E-state index in [2.05, 4.69) is 20.7 Å². The number of benzene rings is 1. The molecule has 5 rings (SSSR count). The topological polar surface area (TPSA) is 97.9 Å². The number of rotatable bonds is 6. The minimum Gasteiger partial charge on any atom is -0.348 e. The van der Waals surface area contributed by atoms with E-state index in [1.807, 2.05) is 36.2 Å². The van der Waals surface area contributed by atoms with Crippen LogP contribution < -0.4 is 5.32 Å². The van der Waals surface area contributed by atoms with Crippen LogP contribution in [0.3, 0.4) is 0 Å². The van der Waals surface area contributed by atoms with E-state index in [0.29, 0.717) is 24.0 Å². The first kappa shape index (κ1) is 19.7. The third-order valence-corrected chi connectivity index (χ3v) is 6.22. The lowest BCUT2D eigenvalue weighted by atomic mass is 9.98. The first-order valence-electron chi connectivity index (χ1n) is 11.0. The lowest BCUT2D eigenvalue weighted by Gasteiger charge is -2.35. The van der Waals surface area contributed by atoms with Crippen molar-refractivity contribution in [2.75, 3.05) is 6.54 Å². The van der Waals surface area contributed by atoms with Crippen molar-refractivity contribution < 1.29 is 9.59 Å². The largest absolute Gasteiger partial charge is 0.348 e. The minimum atomic E-state index is -0.162. The van der Waals surface area contributed by atoms with Crippen LogP contribution in [0.2, 0.25) is 0 Å². The second-order valence-electron chi connectivity index (χ2n) is 8.54. The normalized spacial score (nSPS) is 19.0. The van der Waals surface area contributed by atoms with Crippen molar-refractivity contribution in [3.05, 3.63) is 41.9 Å². The number of piperidine rings is 1. The Balaban J connectivity index is 1.28. The van der Waals surface area contributed by atoms with E-state index in [4.69, 9.17) is 0 Å². The molecule has 9 heteroatoms. The molecule has 1 aromatic carbocycles. The van der Waals surface area contributed by atoms with E-state index < -0.39 is 0 Å². The van der Waals surface area contributed by atoms with Gasteiger partial charge in [0.1, 0.15) is 0 Å². The van der Waals surface area contributed by atoms with Crippen LogP contribution in [0.25, 0.3) is 10.9 Å². The Labute approximate surface area is 180 Å². The number of hydrogen-bond acceptors (Lipinski definition) is 5. The number of aryl methyl sites for hydroxylation is 2. The van der Waals surface area contributed by atoms with Crippen molar-refractivity contribution in [2.45, 2.75) is 57.2 Å². The predicted octanol–water partition coefficient (Wildman–Crippen LogP) is 2.14. The van der Waals surface area contributed by atoms with Gasteiger partial charge in [-0.15, -0.1) is 5.10 Å². The number of hydrogen-bond donors (Lipinski definition) is 1.